The van der Waals surface area contributed by atoms with Crippen LogP contribution in [0.5, 0.6) is 0 Å². The van der Waals surface area contributed by atoms with Crippen LogP contribution >= 0.6 is 0 Å². The van der Waals surface area contributed by atoms with Crippen molar-refractivity contribution < 1.29 is 64.6 Å². The topological polar surface area (TPSA) is 228 Å². The highest BCUT2D eigenvalue weighted by Gasteiger charge is 2.51. The van der Waals surface area contributed by atoms with Crippen LogP contribution in [-0.2, 0) is 23.7 Å². The molecular formula is C85H161NO13. The number of hydrogen-bond acceptors (Lipinski definition) is 13. The number of aliphatic hydroxyl groups is 8. The van der Waals surface area contributed by atoms with E-state index in [1.807, 2.05) is 6.08 Å². The molecule has 2 saturated heterocycles. The van der Waals surface area contributed by atoms with E-state index in [1.165, 1.54) is 340 Å². The third kappa shape index (κ3) is 51.9. The highest BCUT2D eigenvalue weighted by molar-refractivity contribution is 5.76. The van der Waals surface area contributed by atoms with Crippen molar-refractivity contribution >= 4 is 5.91 Å². The quantitative estimate of drug-likeness (QED) is 0.0204. The summed E-state index contributed by atoms with van der Waals surface area (Å²) in [6.45, 7) is 2.85. The van der Waals surface area contributed by atoms with Gasteiger partial charge in [-0.3, -0.25) is 4.79 Å². The number of carbonyl (C=O) groups excluding carboxylic acids is 1. The van der Waals surface area contributed by atoms with Gasteiger partial charge in [0.1, 0.15) is 48.8 Å². The number of hydrogen-bond donors (Lipinski definition) is 9. The van der Waals surface area contributed by atoms with E-state index in [0.29, 0.717) is 12.8 Å². The summed E-state index contributed by atoms with van der Waals surface area (Å²) in [6, 6.07) is -0.932. The van der Waals surface area contributed by atoms with Gasteiger partial charge in [0.2, 0.25) is 5.91 Å². The molecule has 0 saturated carbocycles. The van der Waals surface area contributed by atoms with Gasteiger partial charge in [-0.1, -0.05) is 378 Å². The van der Waals surface area contributed by atoms with E-state index in [2.05, 4.69) is 43.5 Å². The lowest BCUT2D eigenvalue weighted by molar-refractivity contribution is -0.359. The molecule has 12 atom stereocenters. The van der Waals surface area contributed by atoms with Gasteiger partial charge in [-0.05, 0) is 57.8 Å². The fourth-order valence-corrected chi connectivity index (χ4v) is 14.3. The molecule has 2 aliphatic heterocycles. The number of carbonyl (C=O) groups is 1. The van der Waals surface area contributed by atoms with Crippen LogP contribution in [0, 0.1) is 0 Å². The lowest BCUT2D eigenvalue weighted by Gasteiger charge is -2.46. The number of allylic oxidation sites excluding steroid dienone is 5. The Morgan fingerprint density at radius 1 is 0.354 bits per heavy atom. The first-order valence-corrected chi connectivity index (χ1v) is 42.7. The van der Waals surface area contributed by atoms with Crippen molar-refractivity contribution in [1.29, 1.82) is 0 Å². The first-order chi connectivity index (χ1) is 48.6. The molecule has 9 N–H and O–H groups in total. The van der Waals surface area contributed by atoms with Crippen LogP contribution in [0.25, 0.3) is 0 Å². The minimum absolute atomic E-state index is 0.240. The lowest BCUT2D eigenvalue weighted by atomic mass is 9.97. The van der Waals surface area contributed by atoms with Crippen molar-refractivity contribution in [2.24, 2.45) is 0 Å². The van der Waals surface area contributed by atoms with Gasteiger partial charge in [0, 0.05) is 6.42 Å². The zero-order valence-corrected chi connectivity index (χ0v) is 64.3. The smallest absolute Gasteiger partial charge is 0.220 e. The zero-order valence-electron chi connectivity index (χ0n) is 64.3. The summed E-state index contributed by atoms with van der Waals surface area (Å²) in [6.07, 6.45) is 75.5. The average molecular weight is 1410 g/mol. The highest BCUT2D eigenvalue weighted by Crippen LogP contribution is 2.30. The number of unbranched alkanes of at least 4 members (excludes halogenated alkanes) is 56. The summed E-state index contributed by atoms with van der Waals surface area (Å²) in [5.41, 5.74) is 0. The van der Waals surface area contributed by atoms with Gasteiger partial charge in [0.15, 0.2) is 12.6 Å². The molecular weight excluding hydrogens is 1240 g/mol. The standard InChI is InChI=1S/C85H161NO13/c1-3-5-7-9-11-13-15-17-19-21-23-25-27-29-31-32-33-34-35-36-37-38-39-40-41-42-43-45-47-49-51-53-55-57-59-61-63-65-67-69-77(90)86-73(72-96-84-82(95)80(93)83(76(71-88)98-84)99-85-81(94)79(92)78(91)75(70-87)97-85)74(89)68-66-64-62-60-58-56-54-52-50-48-46-44-30-28-26-24-22-20-18-16-14-12-10-8-6-4-2/h21,23,58,60,66,68,73-76,78-85,87-89,91-95H,3-20,22,24-57,59,61-65,67,69-72H2,1-2H3,(H,86,90)/b23-21-,60-58+,68-66+. The first kappa shape index (κ1) is 93.3. The summed E-state index contributed by atoms with van der Waals surface area (Å²) in [5, 5.41) is 87.7. The molecule has 0 aromatic rings. The summed E-state index contributed by atoms with van der Waals surface area (Å²) in [7, 11) is 0. The second-order valence-electron chi connectivity index (χ2n) is 30.3. The molecule has 0 aliphatic carbocycles. The molecule has 2 heterocycles. The minimum Gasteiger partial charge on any atom is -0.394 e. The van der Waals surface area contributed by atoms with Crippen LogP contribution in [0.4, 0.5) is 0 Å². The van der Waals surface area contributed by atoms with Gasteiger partial charge in [-0.15, -0.1) is 0 Å². The number of ether oxygens (including phenoxy) is 4. The maximum Gasteiger partial charge on any atom is 0.220 e. The molecule has 1 amide bonds. The summed E-state index contributed by atoms with van der Waals surface area (Å²) >= 11 is 0. The molecule has 12 unspecified atom stereocenters. The molecule has 0 radical (unpaired) electrons. The second kappa shape index (κ2) is 69.3. The van der Waals surface area contributed by atoms with Gasteiger partial charge >= 0.3 is 0 Å². The van der Waals surface area contributed by atoms with Crippen LogP contribution in [0.3, 0.4) is 0 Å². The van der Waals surface area contributed by atoms with Crippen LogP contribution in [-0.4, -0.2) is 140 Å². The van der Waals surface area contributed by atoms with E-state index in [9.17, 15) is 45.6 Å². The van der Waals surface area contributed by atoms with Crippen LogP contribution in [0.15, 0.2) is 36.5 Å². The van der Waals surface area contributed by atoms with Crippen molar-refractivity contribution in [2.45, 2.75) is 479 Å². The third-order valence-electron chi connectivity index (χ3n) is 21.0. The second-order valence-corrected chi connectivity index (χ2v) is 30.3. The number of nitrogens with one attached hydrogen (secondary N) is 1. The van der Waals surface area contributed by atoms with Crippen molar-refractivity contribution in [3.63, 3.8) is 0 Å². The van der Waals surface area contributed by atoms with Gasteiger partial charge in [-0.2, -0.15) is 0 Å². The predicted octanol–water partition coefficient (Wildman–Crippen LogP) is 20.0. The number of rotatable bonds is 73. The van der Waals surface area contributed by atoms with E-state index < -0.39 is 86.8 Å². The van der Waals surface area contributed by atoms with Crippen LogP contribution < -0.4 is 5.32 Å². The fourth-order valence-electron chi connectivity index (χ4n) is 14.3. The predicted molar refractivity (Wildman–Crippen MR) is 411 cm³/mol. The Hall–Kier alpha value is -1.79. The summed E-state index contributed by atoms with van der Waals surface area (Å²) < 4.78 is 22.9. The molecule has 99 heavy (non-hydrogen) atoms. The highest BCUT2D eigenvalue weighted by atomic mass is 16.7. The molecule has 14 heteroatoms. The maximum atomic E-state index is 13.4. The van der Waals surface area contributed by atoms with Gasteiger partial charge in [0.05, 0.1) is 32.0 Å². The van der Waals surface area contributed by atoms with Crippen molar-refractivity contribution in [3.8, 4) is 0 Å². The van der Waals surface area contributed by atoms with E-state index in [4.69, 9.17) is 18.9 Å². The normalized spacial score (nSPS) is 22.0. The van der Waals surface area contributed by atoms with Crippen LogP contribution in [0.1, 0.15) is 406 Å². The number of amides is 1. The van der Waals surface area contributed by atoms with Gasteiger partial charge in [0.25, 0.3) is 0 Å². The zero-order chi connectivity index (χ0) is 71.5. The van der Waals surface area contributed by atoms with E-state index in [1.54, 1.807) is 6.08 Å². The van der Waals surface area contributed by atoms with Crippen molar-refractivity contribution in [2.75, 3.05) is 19.8 Å². The first-order valence-electron chi connectivity index (χ1n) is 42.7. The maximum absolute atomic E-state index is 13.4. The lowest BCUT2D eigenvalue weighted by Crippen LogP contribution is -2.65. The molecule has 0 aromatic heterocycles. The molecule has 0 aromatic carbocycles. The molecule has 0 spiro atoms. The largest absolute Gasteiger partial charge is 0.394 e. The van der Waals surface area contributed by atoms with E-state index in [0.717, 1.165) is 32.1 Å². The van der Waals surface area contributed by atoms with Gasteiger partial charge in [-0.25, -0.2) is 0 Å². The Labute approximate surface area is 608 Å². The molecule has 2 fully saturated rings. The van der Waals surface area contributed by atoms with Gasteiger partial charge < -0.3 is 65.1 Å². The van der Waals surface area contributed by atoms with Crippen molar-refractivity contribution in [1.82, 2.24) is 5.32 Å². The Balaban J connectivity index is 1.57. The Morgan fingerprint density at radius 3 is 0.990 bits per heavy atom. The minimum atomic E-state index is -1.79. The van der Waals surface area contributed by atoms with Crippen molar-refractivity contribution in [3.05, 3.63) is 36.5 Å². The average Bonchev–Trinajstić information content (AvgIpc) is 0.794. The Morgan fingerprint density at radius 2 is 0.646 bits per heavy atom. The third-order valence-corrected chi connectivity index (χ3v) is 21.0. The molecule has 584 valence electrons. The number of aliphatic hydroxyl groups excluding tert-OH is 8. The molecule has 0 bridgehead atoms. The summed E-state index contributed by atoms with van der Waals surface area (Å²) in [5.74, 6) is -0.240. The molecule has 14 nitrogen and oxygen atoms in total. The monoisotopic (exact) mass is 1400 g/mol. The fraction of sp³-hybridized carbons (Fsp3) is 0.918. The molecule has 2 aliphatic rings. The van der Waals surface area contributed by atoms with E-state index in [-0.39, 0.29) is 18.9 Å². The Kier molecular flexibility index (Phi) is 65.3. The molecule has 2 rings (SSSR count). The Bertz CT molecular complexity index is 1800. The summed E-state index contributed by atoms with van der Waals surface area (Å²) in [4.78, 5) is 13.4. The van der Waals surface area contributed by atoms with Crippen LogP contribution in [0.2, 0.25) is 0 Å². The SMILES string of the molecule is CCCCCCCCCC/C=C\CCCCCCCCCCCCCCCCCCCCCCCCCCCCCC(=O)NC(COC1OC(CO)C(OC2OC(CO)C(O)C(O)C2O)C(O)C1O)C(O)/C=C/CC/C=C/CCCCCCCCCCCCCCCCCCCCCC. The van der Waals surface area contributed by atoms with E-state index >= 15 is 0 Å².